The molecule has 6 nitrogen and oxygen atoms in total. The molecule has 8 heteroatoms. The van der Waals surface area contributed by atoms with Gasteiger partial charge in [0, 0.05) is 11.4 Å². The van der Waals surface area contributed by atoms with Gasteiger partial charge in [-0.1, -0.05) is 11.6 Å². The Kier molecular flexibility index (Phi) is 4.53. The van der Waals surface area contributed by atoms with Crippen LogP contribution in [0.3, 0.4) is 0 Å². The zero-order chi connectivity index (χ0) is 14.5. The van der Waals surface area contributed by atoms with E-state index in [2.05, 4.69) is 4.98 Å². The Labute approximate surface area is 123 Å². The Bertz CT molecular complexity index is 680. The summed E-state index contributed by atoms with van der Waals surface area (Å²) < 4.78 is 5.49. The van der Waals surface area contributed by atoms with Crippen LogP contribution >= 0.6 is 22.9 Å². The molecule has 0 aliphatic heterocycles. The largest absolute Gasteiger partial charge is 0.487 e. The fraction of sp³-hybridized carbons (Fsp3) is 0.0833. The van der Waals surface area contributed by atoms with Crippen LogP contribution in [0.15, 0.2) is 23.6 Å². The molecular formula is C12H9ClN4O2S. The fourth-order valence-electron chi connectivity index (χ4n) is 1.37. The number of carbonyl (C=O) groups is 1. The van der Waals surface area contributed by atoms with E-state index in [-0.39, 0.29) is 11.6 Å². The number of amides is 1. The summed E-state index contributed by atoms with van der Waals surface area (Å²) in [7, 11) is 0. The predicted octanol–water partition coefficient (Wildman–Crippen LogP) is 1.85. The number of carbonyl (C=O) groups excluding carboxylic acids is 1. The van der Waals surface area contributed by atoms with E-state index >= 15 is 0 Å². The zero-order valence-corrected chi connectivity index (χ0v) is 11.7. The highest BCUT2D eigenvalue weighted by molar-refractivity contribution is 7.11. The molecular weight excluding hydrogens is 300 g/mol. The number of thiazole rings is 1. The van der Waals surface area contributed by atoms with Gasteiger partial charge in [0.05, 0.1) is 16.3 Å². The van der Waals surface area contributed by atoms with E-state index in [4.69, 9.17) is 27.4 Å². The number of ether oxygens (including phenoxy) is 1. The van der Waals surface area contributed by atoms with E-state index in [1.807, 2.05) is 11.5 Å². The van der Waals surface area contributed by atoms with Crippen molar-refractivity contribution in [2.45, 2.75) is 6.61 Å². The van der Waals surface area contributed by atoms with Crippen molar-refractivity contribution in [3.05, 3.63) is 44.9 Å². The van der Waals surface area contributed by atoms with Gasteiger partial charge in [0.1, 0.15) is 18.4 Å². The number of aromatic nitrogens is 1. The van der Waals surface area contributed by atoms with Gasteiger partial charge in [0.2, 0.25) is 0 Å². The Hall–Kier alpha value is -2.14. The summed E-state index contributed by atoms with van der Waals surface area (Å²) in [5.74, 6) is 5.10. The number of hydrogen-bond acceptors (Lipinski definition) is 6. The first-order valence-electron chi connectivity index (χ1n) is 5.42. The molecule has 0 bridgehead atoms. The number of nitrogens with one attached hydrogen (secondary N) is 1. The minimum Gasteiger partial charge on any atom is -0.487 e. The van der Waals surface area contributed by atoms with Crippen LogP contribution < -0.4 is 16.0 Å². The molecule has 0 atom stereocenters. The van der Waals surface area contributed by atoms with E-state index in [1.54, 1.807) is 23.6 Å². The third-order valence-corrected chi connectivity index (χ3v) is 3.53. The fourth-order valence-corrected chi connectivity index (χ4v) is 2.29. The van der Waals surface area contributed by atoms with E-state index < -0.39 is 5.91 Å². The van der Waals surface area contributed by atoms with Crippen LogP contribution in [0.25, 0.3) is 0 Å². The highest BCUT2D eigenvalue weighted by Gasteiger charge is 2.10. The molecule has 0 aliphatic carbocycles. The van der Waals surface area contributed by atoms with Gasteiger partial charge in [-0.2, -0.15) is 5.26 Å². The maximum absolute atomic E-state index is 11.2. The van der Waals surface area contributed by atoms with Gasteiger partial charge in [-0.25, -0.2) is 10.8 Å². The Morgan fingerprint density at radius 1 is 1.60 bits per heavy atom. The molecule has 0 unspecified atom stereocenters. The van der Waals surface area contributed by atoms with Gasteiger partial charge < -0.3 is 4.74 Å². The van der Waals surface area contributed by atoms with E-state index in [9.17, 15) is 4.79 Å². The van der Waals surface area contributed by atoms with Crippen LogP contribution in [0.1, 0.15) is 21.1 Å². The second-order valence-electron chi connectivity index (χ2n) is 3.66. The minimum absolute atomic E-state index is 0.191. The number of hydrazine groups is 1. The molecule has 0 saturated carbocycles. The van der Waals surface area contributed by atoms with E-state index in [0.717, 1.165) is 0 Å². The van der Waals surface area contributed by atoms with Crippen LogP contribution in [0.5, 0.6) is 5.75 Å². The number of nitrogens with zero attached hydrogens (tertiary/aromatic N) is 2. The normalized spacial score (nSPS) is 9.85. The number of nitriles is 1. The molecule has 2 rings (SSSR count). The monoisotopic (exact) mass is 308 g/mol. The van der Waals surface area contributed by atoms with Crippen LogP contribution in [0.4, 0.5) is 0 Å². The summed E-state index contributed by atoms with van der Waals surface area (Å²) >= 11 is 7.07. The van der Waals surface area contributed by atoms with Gasteiger partial charge in [-0.15, -0.1) is 11.3 Å². The molecule has 0 aliphatic rings. The maximum Gasteiger partial charge on any atom is 0.294 e. The summed E-state index contributed by atoms with van der Waals surface area (Å²) in [6, 6.07) is 6.74. The molecule has 102 valence electrons. The van der Waals surface area contributed by atoms with Crippen molar-refractivity contribution in [3.63, 3.8) is 0 Å². The summed E-state index contributed by atoms with van der Waals surface area (Å²) in [6.45, 7) is 0.191. The van der Waals surface area contributed by atoms with E-state index in [0.29, 0.717) is 22.0 Å². The number of nitrogen functional groups attached to an aromatic ring is 1. The first-order valence-corrected chi connectivity index (χ1v) is 6.67. The second-order valence-corrected chi connectivity index (χ2v) is 4.92. The number of benzene rings is 1. The average molecular weight is 309 g/mol. The number of halogens is 1. The lowest BCUT2D eigenvalue weighted by Crippen LogP contribution is -2.29. The Morgan fingerprint density at radius 2 is 2.40 bits per heavy atom. The Balaban J connectivity index is 2.02. The number of hydrogen-bond donors (Lipinski definition) is 2. The van der Waals surface area contributed by atoms with Crippen molar-refractivity contribution in [2.75, 3.05) is 0 Å². The van der Waals surface area contributed by atoms with Crippen LogP contribution in [0.2, 0.25) is 5.02 Å². The second kappa shape index (κ2) is 6.34. The molecule has 0 radical (unpaired) electrons. The minimum atomic E-state index is -0.442. The molecule has 2 aromatic rings. The molecule has 1 amide bonds. The lowest BCUT2D eigenvalue weighted by Gasteiger charge is -2.05. The topological polar surface area (TPSA) is 101 Å². The van der Waals surface area contributed by atoms with Crippen molar-refractivity contribution in [3.8, 4) is 11.8 Å². The van der Waals surface area contributed by atoms with Crippen LogP contribution in [-0.2, 0) is 6.61 Å². The molecule has 1 aromatic carbocycles. The standard InChI is InChI=1S/C12H9ClN4O2S/c13-10-3-9(2-1-7(10)4-14)19-5-8-6-20-12(16-8)11(18)17-15/h1-3,6H,5,15H2,(H,17,18). The molecule has 0 saturated heterocycles. The SMILES string of the molecule is N#Cc1ccc(OCc2csc(C(=O)NN)n2)cc1Cl. The molecule has 1 heterocycles. The van der Waals surface area contributed by atoms with Crippen molar-refractivity contribution in [1.29, 1.82) is 5.26 Å². The molecule has 0 spiro atoms. The highest BCUT2D eigenvalue weighted by Crippen LogP contribution is 2.22. The number of nitrogens with two attached hydrogens (primary N) is 1. The molecule has 3 N–H and O–H groups in total. The van der Waals surface area contributed by atoms with E-state index in [1.165, 1.54) is 11.3 Å². The van der Waals surface area contributed by atoms with Crippen molar-refractivity contribution < 1.29 is 9.53 Å². The van der Waals surface area contributed by atoms with Crippen LogP contribution in [0, 0.1) is 11.3 Å². The molecule has 0 fully saturated rings. The molecule has 20 heavy (non-hydrogen) atoms. The number of rotatable bonds is 4. The van der Waals surface area contributed by atoms with Gasteiger partial charge in [0.15, 0.2) is 5.01 Å². The first kappa shape index (κ1) is 14.3. The maximum atomic E-state index is 11.2. The molecule has 1 aromatic heterocycles. The average Bonchev–Trinajstić information content (AvgIpc) is 2.93. The van der Waals surface area contributed by atoms with Crippen molar-refractivity contribution in [2.24, 2.45) is 5.84 Å². The highest BCUT2D eigenvalue weighted by atomic mass is 35.5. The van der Waals surface area contributed by atoms with Gasteiger partial charge in [-0.05, 0) is 12.1 Å². The summed E-state index contributed by atoms with van der Waals surface area (Å²) in [4.78, 5) is 15.3. The van der Waals surface area contributed by atoms with Gasteiger partial charge >= 0.3 is 0 Å². The van der Waals surface area contributed by atoms with Gasteiger partial charge in [-0.3, -0.25) is 10.2 Å². The van der Waals surface area contributed by atoms with Crippen LogP contribution in [-0.4, -0.2) is 10.9 Å². The summed E-state index contributed by atoms with van der Waals surface area (Å²) in [5.41, 5.74) is 3.00. The quantitative estimate of drug-likeness (QED) is 0.510. The summed E-state index contributed by atoms with van der Waals surface area (Å²) in [5, 5.41) is 11.1. The third kappa shape index (κ3) is 3.24. The first-order chi connectivity index (χ1) is 9.63. The third-order valence-electron chi connectivity index (χ3n) is 2.32. The predicted molar refractivity (Wildman–Crippen MR) is 74.3 cm³/mol. The van der Waals surface area contributed by atoms with Crippen molar-refractivity contribution >= 4 is 28.8 Å². The van der Waals surface area contributed by atoms with Gasteiger partial charge in [0.25, 0.3) is 5.91 Å². The lowest BCUT2D eigenvalue weighted by molar-refractivity contribution is 0.0953. The summed E-state index contributed by atoms with van der Waals surface area (Å²) in [6.07, 6.45) is 0. The smallest absolute Gasteiger partial charge is 0.294 e. The van der Waals surface area contributed by atoms with Crippen molar-refractivity contribution in [1.82, 2.24) is 10.4 Å². The Morgan fingerprint density at radius 3 is 3.05 bits per heavy atom. The lowest BCUT2D eigenvalue weighted by atomic mass is 10.2. The zero-order valence-electron chi connectivity index (χ0n) is 10.1.